The van der Waals surface area contributed by atoms with Gasteiger partial charge in [0.2, 0.25) is 0 Å². The molecule has 0 radical (unpaired) electrons. The number of alkyl halides is 1. The molecule has 8 unspecified atom stereocenters. The van der Waals surface area contributed by atoms with Crippen LogP contribution in [0.25, 0.3) is 0 Å². The molecule has 0 saturated carbocycles. The number of carbonyl (C=O) groups is 1. The molecule has 208 valence electrons. The van der Waals surface area contributed by atoms with Gasteiger partial charge >= 0.3 is 77.4 Å². The minimum Gasteiger partial charge on any atom is -0.465 e. The van der Waals surface area contributed by atoms with Crippen LogP contribution < -0.4 is 0 Å². The number of halogens is 1. The van der Waals surface area contributed by atoms with Crippen LogP contribution in [0, 0.1) is 0 Å². The Morgan fingerprint density at radius 2 is 1.11 bits per heavy atom. The van der Waals surface area contributed by atoms with Gasteiger partial charge in [-0.3, -0.25) is 4.79 Å². The van der Waals surface area contributed by atoms with Gasteiger partial charge in [-0.05, 0) is 33.4 Å². The maximum Gasteiger partial charge on any atom is 0.477 e. The van der Waals surface area contributed by atoms with E-state index in [1.54, 1.807) is 46.6 Å². The van der Waals surface area contributed by atoms with Crippen molar-refractivity contribution in [2.75, 3.05) is 6.61 Å². The van der Waals surface area contributed by atoms with E-state index in [0.29, 0.717) is 12.5 Å². The molecule has 4 aliphatic rings. The molecule has 0 aromatic carbocycles. The number of rotatable bonds is 5. The largest absolute Gasteiger partial charge is 0.477 e. The summed E-state index contributed by atoms with van der Waals surface area (Å²) in [6.45, 7) is 16.2. The van der Waals surface area contributed by atoms with Crippen LogP contribution in [-0.2, 0) is 54.8 Å². The molecule has 0 N–H and O–H groups in total. The summed E-state index contributed by atoms with van der Waals surface area (Å²) in [5, 5.41) is 0. The highest BCUT2D eigenvalue weighted by Crippen LogP contribution is 2.43. The van der Waals surface area contributed by atoms with E-state index < -0.39 is 75.7 Å². The molecule has 6 bridgehead atoms. The van der Waals surface area contributed by atoms with Gasteiger partial charge in [0, 0.05) is 38.8 Å². The second-order valence-electron chi connectivity index (χ2n) is 10.0. The van der Waals surface area contributed by atoms with Crippen LogP contribution >= 0.6 is 15.9 Å². The van der Waals surface area contributed by atoms with Crippen LogP contribution in [0.15, 0.2) is 0 Å². The summed E-state index contributed by atoms with van der Waals surface area (Å²) in [5.41, 5.74) is 0. The molecule has 22 heteroatoms. The van der Waals surface area contributed by atoms with E-state index in [-0.39, 0.29) is 12.6 Å². The zero-order chi connectivity index (χ0) is 26.8. The Morgan fingerprint density at radius 1 is 0.722 bits per heavy atom. The van der Waals surface area contributed by atoms with Gasteiger partial charge in [0.25, 0.3) is 0 Å². The third-order valence-corrected chi connectivity index (χ3v) is 38.8. The summed E-state index contributed by atoms with van der Waals surface area (Å²) in [4.78, 5) is 12.2. The van der Waals surface area contributed by atoms with Crippen molar-refractivity contribution in [2.24, 2.45) is 0 Å². The lowest BCUT2D eigenvalue weighted by molar-refractivity contribution is -0.145. The van der Waals surface area contributed by atoms with E-state index in [1.807, 2.05) is 13.1 Å². The minimum atomic E-state index is -3.60. The minimum absolute atomic E-state index is 0.152. The number of ether oxygens (including phenoxy) is 1. The van der Waals surface area contributed by atoms with Gasteiger partial charge < -0.3 is 50.0 Å². The van der Waals surface area contributed by atoms with Crippen LogP contribution in [0.4, 0.5) is 0 Å². The zero-order valence-electron chi connectivity index (χ0n) is 22.0. The first-order valence-electron chi connectivity index (χ1n) is 11.8. The Kier molecular flexibility index (Phi) is 8.36. The summed E-state index contributed by atoms with van der Waals surface area (Å²) in [6, 6.07) is 0.315. The predicted octanol–water partition coefficient (Wildman–Crippen LogP) is 1.81. The van der Waals surface area contributed by atoms with Crippen LogP contribution in [0.5, 0.6) is 0 Å². The van der Waals surface area contributed by atoms with Gasteiger partial charge in [-0.25, -0.2) is 0 Å². The molecule has 8 atom stereocenters. The number of hydrogen-bond donors (Lipinski definition) is 0. The van der Waals surface area contributed by atoms with Crippen LogP contribution in [0.1, 0.15) is 20.3 Å². The Labute approximate surface area is 230 Å². The summed E-state index contributed by atoms with van der Waals surface area (Å²) in [7, 11) is -25.6. The quantitative estimate of drug-likeness (QED) is 0.178. The van der Waals surface area contributed by atoms with Gasteiger partial charge in [0.05, 0.1) is 6.61 Å². The molecule has 36 heavy (non-hydrogen) atoms. The Bertz CT molecular complexity index is 882. The van der Waals surface area contributed by atoms with Crippen LogP contribution in [-0.4, -0.2) is 88.3 Å². The Morgan fingerprint density at radius 3 is 1.64 bits per heavy atom. The summed E-state index contributed by atoms with van der Waals surface area (Å²) in [6.07, 6.45) is 0.419. The highest BCUT2D eigenvalue weighted by atomic mass is 79.9. The second-order valence-corrected chi connectivity index (χ2v) is 34.3. The lowest BCUT2D eigenvalue weighted by atomic mass is 10.2. The molecule has 4 rings (SSSR count). The van der Waals surface area contributed by atoms with Crippen LogP contribution in [0.3, 0.4) is 0 Å². The molecule has 4 saturated heterocycles. The third-order valence-electron chi connectivity index (χ3n) is 5.37. The van der Waals surface area contributed by atoms with Crippen LogP contribution in [0.2, 0.25) is 51.9 Å². The second kappa shape index (κ2) is 9.96. The number of hydrogen-bond acceptors (Lipinski definition) is 13. The standard InChI is InChI=1S/C14H35BrO13Si8/c1-14(2,15)13(16)17-11-10-12-36-21-30(4)20-32(6)22-31(5)18-29(3)19-33(7,27-36)25-34(8,23-31)26-35(9,24-32)28-36/h29-30H,10-12H2,1-9H3. The average Bonchev–Trinajstić information content (AvgIpc) is 2.57. The van der Waals surface area contributed by atoms with Gasteiger partial charge in [-0.1, -0.05) is 15.9 Å². The van der Waals surface area contributed by atoms with Crippen molar-refractivity contribution in [3.8, 4) is 0 Å². The molecular weight excluding hydrogens is 681 g/mol. The first-order valence-corrected chi connectivity index (χ1v) is 29.8. The normalized spacial score (nSPS) is 49.3. The molecule has 0 spiro atoms. The van der Waals surface area contributed by atoms with Crippen molar-refractivity contribution >= 4 is 93.3 Å². The van der Waals surface area contributed by atoms with Crippen molar-refractivity contribution in [1.82, 2.24) is 0 Å². The van der Waals surface area contributed by atoms with E-state index in [2.05, 4.69) is 15.9 Å². The van der Waals surface area contributed by atoms with Crippen molar-refractivity contribution in [1.29, 1.82) is 0 Å². The molecule has 0 aromatic rings. The first-order chi connectivity index (χ1) is 16.3. The molecule has 0 aliphatic carbocycles. The van der Waals surface area contributed by atoms with Gasteiger partial charge in [0.1, 0.15) is 4.32 Å². The fourth-order valence-corrected chi connectivity index (χ4v) is 45.5. The first kappa shape index (κ1) is 30.2. The van der Waals surface area contributed by atoms with Gasteiger partial charge in [-0.2, -0.15) is 0 Å². The zero-order valence-corrected chi connectivity index (χ0v) is 31.9. The molecular formula is C14H35BrO13Si8. The topological polar surface area (TPSA) is 128 Å². The van der Waals surface area contributed by atoms with E-state index in [4.69, 9.17) is 50.0 Å². The summed E-state index contributed by atoms with van der Waals surface area (Å²) in [5.74, 6) is -0.367. The average molecular weight is 716 g/mol. The molecule has 13 nitrogen and oxygen atoms in total. The van der Waals surface area contributed by atoms with Crippen molar-refractivity contribution in [2.45, 2.75) is 76.5 Å². The highest BCUT2D eigenvalue weighted by molar-refractivity contribution is 9.10. The van der Waals surface area contributed by atoms with Crippen molar-refractivity contribution in [3.63, 3.8) is 0 Å². The SMILES string of the molecule is C[SiH]1O[Si]2(C)O[Si]3(C)O[SiH](C)O[Si]4(CCCOC(=O)C(C)(C)Br)O[Si](C)(O1)O[Si](C)(O2)O[Si](C)(O3)O4. The van der Waals surface area contributed by atoms with E-state index in [0.717, 1.165) is 0 Å². The lowest BCUT2D eigenvalue weighted by Gasteiger charge is -2.56. The van der Waals surface area contributed by atoms with E-state index in [1.165, 1.54) is 0 Å². The van der Waals surface area contributed by atoms with E-state index >= 15 is 0 Å². The number of esters is 1. The highest BCUT2D eigenvalue weighted by Gasteiger charge is 2.72. The summed E-state index contributed by atoms with van der Waals surface area (Å²) >= 11 is 3.32. The molecule has 4 fully saturated rings. The molecule has 4 heterocycles. The maximum absolute atomic E-state index is 12.2. The Balaban J connectivity index is 1.71. The fourth-order valence-electron chi connectivity index (χ4n) is 4.64. The number of carbonyl (C=O) groups excluding carboxylic acids is 1. The summed E-state index contributed by atoms with van der Waals surface area (Å²) < 4.78 is 76.4. The lowest BCUT2D eigenvalue weighted by Crippen LogP contribution is -2.80. The molecule has 4 aliphatic heterocycles. The van der Waals surface area contributed by atoms with E-state index in [9.17, 15) is 4.79 Å². The predicted molar refractivity (Wildman–Crippen MR) is 145 cm³/mol. The third kappa shape index (κ3) is 6.93. The van der Waals surface area contributed by atoms with Gasteiger partial charge in [0.15, 0.2) is 0 Å². The molecule has 0 aromatic heterocycles. The van der Waals surface area contributed by atoms with Crippen molar-refractivity contribution < 1.29 is 54.8 Å². The smallest absolute Gasteiger partial charge is 0.465 e. The Hall–Kier alpha value is 1.25. The number of fused-ring (bicyclic) bond motifs is 4. The molecule has 0 amide bonds. The van der Waals surface area contributed by atoms with Crippen molar-refractivity contribution in [3.05, 3.63) is 0 Å². The van der Waals surface area contributed by atoms with Gasteiger partial charge in [-0.15, -0.1) is 0 Å². The monoisotopic (exact) mass is 714 g/mol. The maximum atomic E-state index is 12.2. The fraction of sp³-hybridized carbons (Fsp3) is 0.929.